The number of hydrogen-bond donors (Lipinski definition) is 1. The molecule has 3 nitrogen and oxygen atoms in total. The lowest BCUT2D eigenvalue weighted by molar-refractivity contribution is -0.0497. The molecule has 0 fully saturated rings. The van der Waals surface area contributed by atoms with Crippen LogP contribution in [0.2, 0.25) is 0 Å². The molecular weight excluding hydrogens is 202 g/mol. The second-order valence-corrected chi connectivity index (χ2v) is 5.14. The lowest BCUT2D eigenvalue weighted by Crippen LogP contribution is -2.23. The minimum absolute atomic E-state index is 0.0579. The molecule has 0 rings (SSSR count). The van der Waals surface area contributed by atoms with Crippen molar-refractivity contribution in [3.05, 3.63) is 0 Å². The first-order chi connectivity index (χ1) is 7.45. The molecule has 16 heavy (non-hydrogen) atoms. The highest BCUT2D eigenvalue weighted by Gasteiger charge is 2.09. The van der Waals surface area contributed by atoms with Gasteiger partial charge in [0.2, 0.25) is 0 Å². The van der Waals surface area contributed by atoms with Crippen LogP contribution in [-0.2, 0) is 9.47 Å². The molecule has 0 aromatic heterocycles. The van der Waals surface area contributed by atoms with Crippen molar-refractivity contribution in [1.29, 1.82) is 0 Å². The molecule has 0 aromatic rings. The van der Waals surface area contributed by atoms with E-state index in [-0.39, 0.29) is 5.60 Å². The summed E-state index contributed by atoms with van der Waals surface area (Å²) in [6.07, 6.45) is 2.62. The zero-order valence-corrected chi connectivity index (χ0v) is 11.6. The van der Waals surface area contributed by atoms with Crippen molar-refractivity contribution in [3.8, 4) is 0 Å². The Hall–Kier alpha value is -0.120. The third-order valence-electron chi connectivity index (χ3n) is 2.23. The Morgan fingerprint density at radius 1 is 1.19 bits per heavy atom. The van der Waals surface area contributed by atoms with E-state index < -0.39 is 0 Å². The van der Waals surface area contributed by atoms with Crippen LogP contribution in [-0.4, -0.2) is 38.0 Å². The summed E-state index contributed by atoms with van der Waals surface area (Å²) in [6, 6.07) is 0. The van der Waals surface area contributed by atoms with Gasteiger partial charge in [-0.1, -0.05) is 6.92 Å². The fourth-order valence-electron chi connectivity index (χ4n) is 1.37. The standard InChI is InChI=1S/C13H29NO2/c1-6-14-9-7-8-12(2)15-10-11-16-13(3,4)5/h12,14H,6-11H2,1-5H3. The van der Waals surface area contributed by atoms with E-state index in [4.69, 9.17) is 9.47 Å². The van der Waals surface area contributed by atoms with Gasteiger partial charge in [0.05, 0.1) is 24.9 Å². The molecule has 0 bridgehead atoms. The first-order valence-electron chi connectivity index (χ1n) is 6.42. The zero-order chi connectivity index (χ0) is 12.4. The van der Waals surface area contributed by atoms with Crippen LogP contribution >= 0.6 is 0 Å². The van der Waals surface area contributed by atoms with Crippen molar-refractivity contribution >= 4 is 0 Å². The maximum Gasteiger partial charge on any atom is 0.0707 e. The Balaban J connectivity index is 3.27. The summed E-state index contributed by atoms with van der Waals surface area (Å²) >= 11 is 0. The Labute approximate surface area is 101 Å². The van der Waals surface area contributed by atoms with Crippen LogP contribution in [0.1, 0.15) is 47.5 Å². The molecule has 0 aliphatic heterocycles. The third-order valence-corrected chi connectivity index (χ3v) is 2.23. The lowest BCUT2D eigenvalue weighted by Gasteiger charge is -2.20. The average molecular weight is 231 g/mol. The fraction of sp³-hybridized carbons (Fsp3) is 1.00. The van der Waals surface area contributed by atoms with Crippen molar-refractivity contribution < 1.29 is 9.47 Å². The number of ether oxygens (including phenoxy) is 2. The second kappa shape index (κ2) is 8.97. The summed E-state index contributed by atoms with van der Waals surface area (Å²) in [5.41, 5.74) is -0.0579. The molecule has 0 amide bonds. The molecule has 3 heteroatoms. The number of rotatable bonds is 9. The normalized spacial score (nSPS) is 14.1. The first-order valence-corrected chi connectivity index (χ1v) is 6.42. The van der Waals surface area contributed by atoms with E-state index in [0.29, 0.717) is 19.3 Å². The van der Waals surface area contributed by atoms with Gasteiger partial charge in [0.1, 0.15) is 0 Å². The van der Waals surface area contributed by atoms with E-state index in [1.54, 1.807) is 0 Å². The highest BCUT2D eigenvalue weighted by molar-refractivity contribution is 4.58. The average Bonchev–Trinajstić information content (AvgIpc) is 2.18. The molecule has 1 unspecified atom stereocenters. The lowest BCUT2D eigenvalue weighted by atomic mass is 10.2. The highest BCUT2D eigenvalue weighted by atomic mass is 16.5. The fourth-order valence-corrected chi connectivity index (χ4v) is 1.37. The SMILES string of the molecule is CCNCCCC(C)OCCOC(C)(C)C. The maximum atomic E-state index is 5.66. The van der Waals surface area contributed by atoms with E-state index in [9.17, 15) is 0 Å². The van der Waals surface area contributed by atoms with Crippen LogP contribution in [0.5, 0.6) is 0 Å². The predicted octanol–water partition coefficient (Wildman–Crippen LogP) is 2.60. The van der Waals surface area contributed by atoms with Crippen LogP contribution in [0.15, 0.2) is 0 Å². The summed E-state index contributed by atoms with van der Waals surface area (Å²) < 4.78 is 11.3. The van der Waals surface area contributed by atoms with Gasteiger partial charge in [0.15, 0.2) is 0 Å². The summed E-state index contributed by atoms with van der Waals surface area (Å²) in [5, 5.41) is 3.31. The summed E-state index contributed by atoms with van der Waals surface area (Å²) in [6.45, 7) is 14.0. The van der Waals surface area contributed by atoms with Gasteiger partial charge >= 0.3 is 0 Å². The number of hydrogen-bond acceptors (Lipinski definition) is 3. The topological polar surface area (TPSA) is 30.5 Å². The van der Waals surface area contributed by atoms with E-state index in [1.807, 2.05) is 0 Å². The molecule has 0 saturated carbocycles. The van der Waals surface area contributed by atoms with Crippen LogP contribution < -0.4 is 5.32 Å². The summed E-state index contributed by atoms with van der Waals surface area (Å²) in [4.78, 5) is 0. The Morgan fingerprint density at radius 2 is 1.88 bits per heavy atom. The Kier molecular flexibility index (Phi) is 8.90. The van der Waals surface area contributed by atoms with E-state index in [1.165, 1.54) is 6.42 Å². The maximum absolute atomic E-state index is 5.66. The third kappa shape index (κ3) is 12.0. The van der Waals surface area contributed by atoms with Gasteiger partial charge in [-0.2, -0.15) is 0 Å². The molecule has 98 valence electrons. The molecule has 0 aliphatic rings. The van der Waals surface area contributed by atoms with Crippen LogP contribution in [0, 0.1) is 0 Å². The van der Waals surface area contributed by atoms with Crippen molar-refractivity contribution in [2.45, 2.75) is 59.2 Å². The Morgan fingerprint density at radius 3 is 2.44 bits per heavy atom. The smallest absolute Gasteiger partial charge is 0.0707 e. The molecule has 0 heterocycles. The highest BCUT2D eigenvalue weighted by Crippen LogP contribution is 2.06. The monoisotopic (exact) mass is 231 g/mol. The first kappa shape index (κ1) is 15.9. The predicted molar refractivity (Wildman–Crippen MR) is 68.9 cm³/mol. The minimum atomic E-state index is -0.0579. The van der Waals surface area contributed by atoms with E-state index >= 15 is 0 Å². The molecule has 1 atom stereocenters. The summed E-state index contributed by atoms with van der Waals surface area (Å²) in [7, 11) is 0. The van der Waals surface area contributed by atoms with Crippen molar-refractivity contribution in [3.63, 3.8) is 0 Å². The molecular formula is C13H29NO2. The van der Waals surface area contributed by atoms with Crippen LogP contribution in [0.25, 0.3) is 0 Å². The summed E-state index contributed by atoms with van der Waals surface area (Å²) in [5.74, 6) is 0. The van der Waals surface area contributed by atoms with Gasteiger partial charge in [-0.25, -0.2) is 0 Å². The largest absolute Gasteiger partial charge is 0.376 e. The van der Waals surface area contributed by atoms with Gasteiger partial charge in [-0.3, -0.25) is 0 Å². The van der Waals surface area contributed by atoms with Crippen LogP contribution in [0.4, 0.5) is 0 Å². The van der Waals surface area contributed by atoms with Gasteiger partial charge in [0.25, 0.3) is 0 Å². The van der Waals surface area contributed by atoms with Gasteiger partial charge < -0.3 is 14.8 Å². The van der Waals surface area contributed by atoms with E-state index in [0.717, 1.165) is 19.5 Å². The van der Waals surface area contributed by atoms with Gasteiger partial charge in [0, 0.05) is 0 Å². The molecule has 0 aliphatic carbocycles. The van der Waals surface area contributed by atoms with Crippen LogP contribution in [0.3, 0.4) is 0 Å². The molecule has 1 N–H and O–H groups in total. The quantitative estimate of drug-likeness (QED) is 0.619. The van der Waals surface area contributed by atoms with Crippen molar-refractivity contribution in [2.24, 2.45) is 0 Å². The zero-order valence-electron chi connectivity index (χ0n) is 11.6. The molecule has 0 aromatic carbocycles. The second-order valence-electron chi connectivity index (χ2n) is 5.14. The van der Waals surface area contributed by atoms with Crippen molar-refractivity contribution in [1.82, 2.24) is 5.32 Å². The van der Waals surface area contributed by atoms with Gasteiger partial charge in [-0.05, 0) is 53.6 Å². The Bertz CT molecular complexity index is 155. The van der Waals surface area contributed by atoms with Crippen molar-refractivity contribution in [2.75, 3.05) is 26.3 Å². The van der Waals surface area contributed by atoms with E-state index in [2.05, 4.69) is 39.9 Å². The molecule has 0 spiro atoms. The molecule has 0 saturated heterocycles. The van der Waals surface area contributed by atoms with Gasteiger partial charge in [-0.15, -0.1) is 0 Å². The molecule has 0 radical (unpaired) electrons. The minimum Gasteiger partial charge on any atom is -0.376 e. The number of nitrogens with one attached hydrogen (secondary N) is 1.